The SMILES string of the molecule is CC(NC(=O)c1cccc(NS(=O)(=O)c2cc(Cl)ccc2Cl)c1)C(=O)N1CCOCC1. The van der Waals surface area contributed by atoms with E-state index in [9.17, 15) is 18.0 Å². The van der Waals surface area contributed by atoms with Gasteiger partial charge in [-0.05, 0) is 43.3 Å². The van der Waals surface area contributed by atoms with Crippen LogP contribution < -0.4 is 10.0 Å². The molecule has 1 saturated heterocycles. The largest absolute Gasteiger partial charge is 0.378 e. The van der Waals surface area contributed by atoms with Crippen LogP contribution in [0.1, 0.15) is 17.3 Å². The summed E-state index contributed by atoms with van der Waals surface area (Å²) in [5.41, 5.74) is 0.356. The van der Waals surface area contributed by atoms with Gasteiger partial charge in [0.05, 0.1) is 18.2 Å². The third-order valence-electron chi connectivity index (χ3n) is 4.60. The summed E-state index contributed by atoms with van der Waals surface area (Å²) in [7, 11) is -4.03. The van der Waals surface area contributed by atoms with Crippen molar-refractivity contribution in [3.63, 3.8) is 0 Å². The Morgan fingerprint density at radius 1 is 1.10 bits per heavy atom. The lowest BCUT2D eigenvalue weighted by Gasteiger charge is -2.29. The van der Waals surface area contributed by atoms with Crippen molar-refractivity contribution < 1.29 is 22.7 Å². The van der Waals surface area contributed by atoms with E-state index in [1.54, 1.807) is 11.8 Å². The molecule has 11 heteroatoms. The van der Waals surface area contributed by atoms with Crippen molar-refractivity contribution in [2.75, 3.05) is 31.0 Å². The van der Waals surface area contributed by atoms with Gasteiger partial charge in [0, 0.05) is 29.4 Å². The fourth-order valence-corrected chi connectivity index (χ4v) is 4.83. The van der Waals surface area contributed by atoms with Gasteiger partial charge in [-0.2, -0.15) is 0 Å². The van der Waals surface area contributed by atoms with Crippen molar-refractivity contribution in [1.29, 1.82) is 0 Å². The number of hydrogen-bond acceptors (Lipinski definition) is 5. The molecule has 1 aliphatic heterocycles. The van der Waals surface area contributed by atoms with E-state index < -0.39 is 22.0 Å². The maximum atomic E-state index is 12.7. The third-order valence-corrected chi connectivity index (χ3v) is 6.70. The Morgan fingerprint density at radius 2 is 1.81 bits per heavy atom. The number of ether oxygens (including phenoxy) is 1. The quantitative estimate of drug-likeness (QED) is 0.654. The van der Waals surface area contributed by atoms with Crippen LogP contribution in [-0.2, 0) is 19.6 Å². The van der Waals surface area contributed by atoms with Gasteiger partial charge in [-0.15, -0.1) is 0 Å². The van der Waals surface area contributed by atoms with Gasteiger partial charge in [0.2, 0.25) is 5.91 Å². The topological polar surface area (TPSA) is 105 Å². The Bertz CT molecular complexity index is 1090. The molecule has 31 heavy (non-hydrogen) atoms. The van der Waals surface area contributed by atoms with Gasteiger partial charge >= 0.3 is 0 Å². The van der Waals surface area contributed by atoms with E-state index in [0.29, 0.717) is 26.3 Å². The van der Waals surface area contributed by atoms with Crippen LogP contribution in [0.25, 0.3) is 0 Å². The predicted octanol–water partition coefficient (Wildman–Crippen LogP) is 2.77. The van der Waals surface area contributed by atoms with E-state index in [-0.39, 0.29) is 32.1 Å². The van der Waals surface area contributed by atoms with E-state index in [4.69, 9.17) is 27.9 Å². The molecule has 166 valence electrons. The lowest BCUT2D eigenvalue weighted by atomic mass is 10.1. The monoisotopic (exact) mass is 485 g/mol. The van der Waals surface area contributed by atoms with Crippen molar-refractivity contribution in [1.82, 2.24) is 10.2 Å². The number of amides is 2. The smallest absolute Gasteiger partial charge is 0.263 e. The fraction of sp³-hybridized carbons (Fsp3) is 0.300. The summed E-state index contributed by atoms with van der Waals surface area (Å²) in [6.07, 6.45) is 0. The second-order valence-corrected chi connectivity index (χ2v) is 9.39. The highest BCUT2D eigenvalue weighted by Gasteiger charge is 2.24. The Kier molecular flexibility index (Phi) is 7.42. The Balaban J connectivity index is 1.71. The summed E-state index contributed by atoms with van der Waals surface area (Å²) in [5, 5.41) is 2.88. The number of anilines is 1. The van der Waals surface area contributed by atoms with Gasteiger partial charge in [-0.1, -0.05) is 29.3 Å². The van der Waals surface area contributed by atoms with Gasteiger partial charge in [0.15, 0.2) is 0 Å². The molecule has 0 saturated carbocycles. The van der Waals surface area contributed by atoms with Crippen LogP contribution in [0, 0.1) is 0 Å². The molecule has 1 unspecified atom stereocenters. The minimum Gasteiger partial charge on any atom is -0.378 e. The average molecular weight is 486 g/mol. The second kappa shape index (κ2) is 9.86. The molecule has 1 atom stereocenters. The lowest BCUT2D eigenvalue weighted by molar-refractivity contribution is -0.136. The van der Waals surface area contributed by atoms with Crippen LogP contribution in [0.3, 0.4) is 0 Å². The molecule has 0 bridgehead atoms. The highest BCUT2D eigenvalue weighted by molar-refractivity contribution is 7.92. The van der Waals surface area contributed by atoms with Gasteiger partial charge in [0.1, 0.15) is 10.9 Å². The van der Waals surface area contributed by atoms with Gasteiger partial charge < -0.3 is 15.0 Å². The minimum absolute atomic E-state index is 0.0150. The van der Waals surface area contributed by atoms with E-state index in [1.807, 2.05) is 0 Å². The van der Waals surface area contributed by atoms with Crippen LogP contribution in [0.15, 0.2) is 47.4 Å². The first-order chi connectivity index (χ1) is 14.7. The number of sulfonamides is 1. The molecular weight excluding hydrogens is 465 g/mol. The van der Waals surface area contributed by atoms with Crippen molar-refractivity contribution in [3.8, 4) is 0 Å². The normalized spacial score (nSPS) is 15.3. The number of nitrogens with zero attached hydrogens (tertiary/aromatic N) is 1. The molecule has 0 spiro atoms. The Hall–Kier alpha value is -2.33. The maximum absolute atomic E-state index is 12.7. The summed E-state index contributed by atoms with van der Waals surface area (Å²) in [5.74, 6) is -0.708. The average Bonchev–Trinajstić information content (AvgIpc) is 2.75. The molecule has 2 aromatic carbocycles. The van der Waals surface area contributed by atoms with E-state index in [0.717, 1.165) is 0 Å². The van der Waals surface area contributed by atoms with Gasteiger partial charge in [0.25, 0.3) is 15.9 Å². The molecule has 1 fully saturated rings. The fourth-order valence-electron chi connectivity index (χ4n) is 3.02. The molecular formula is C20H21Cl2N3O5S. The van der Waals surface area contributed by atoms with Crippen LogP contribution in [0.4, 0.5) is 5.69 Å². The summed E-state index contributed by atoms with van der Waals surface area (Å²) in [6, 6.07) is 9.28. The zero-order chi connectivity index (χ0) is 22.6. The zero-order valence-electron chi connectivity index (χ0n) is 16.6. The Labute approximate surface area is 190 Å². The van der Waals surface area contributed by atoms with Crippen molar-refractivity contribution in [2.24, 2.45) is 0 Å². The van der Waals surface area contributed by atoms with Gasteiger partial charge in [-0.25, -0.2) is 8.42 Å². The molecule has 2 aromatic rings. The molecule has 0 radical (unpaired) electrons. The maximum Gasteiger partial charge on any atom is 0.263 e. The molecule has 2 amide bonds. The minimum atomic E-state index is -4.03. The number of benzene rings is 2. The standard InChI is InChI=1S/C20H21Cl2N3O5S/c1-13(20(27)25-7-9-30-10-8-25)23-19(26)14-3-2-4-16(11-14)24-31(28,29)18-12-15(21)5-6-17(18)22/h2-6,11-13,24H,7-10H2,1H3,(H,23,26). The molecule has 1 heterocycles. The molecule has 1 aliphatic rings. The zero-order valence-corrected chi connectivity index (χ0v) is 18.9. The van der Waals surface area contributed by atoms with Crippen LogP contribution in [-0.4, -0.2) is 57.5 Å². The predicted molar refractivity (Wildman–Crippen MR) is 118 cm³/mol. The number of halogens is 2. The highest BCUT2D eigenvalue weighted by atomic mass is 35.5. The Morgan fingerprint density at radius 3 is 2.52 bits per heavy atom. The second-order valence-electron chi connectivity index (χ2n) is 6.89. The highest BCUT2D eigenvalue weighted by Crippen LogP contribution is 2.27. The van der Waals surface area contributed by atoms with E-state index in [1.165, 1.54) is 42.5 Å². The third kappa shape index (κ3) is 5.88. The van der Waals surface area contributed by atoms with E-state index >= 15 is 0 Å². The number of carbonyl (C=O) groups is 2. The number of morpholine rings is 1. The van der Waals surface area contributed by atoms with Crippen molar-refractivity contribution in [2.45, 2.75) is 17.9 Å². The summed E-state index contributed by atoms with van der Waals surface area (Å²) >= 11 is 11.9. The number of nitrogens with one attached hydrogen (secondary N) is 2. The summed E-state index contributed by atoms with van der Waals surface area (Å²) < 4.78 is 33.0. The molecule has 3 rings (SSSR count). The first-order valence-electron chi connectivity index (χ1n) is 9.43. The van der Waals surface area contributed by atoms with Crippen molar-refractivity contribution in [3.05, 3.63) is 58.1 Å². The van der Waals surface area contributed by atoms with E-state index in [2.05, 4.69) is 10.0 Å². The lowest BCUT2D eigenvalue weighted by Crippen LogP contribution is -2.50. The molecule has 2 N–H and O–H groups in total. The molecule has 8 nitrogen and oxygen atoms in total. The van der Waals surface area contributed by atoms with Crippen LogP contribution in [0.5, 0.6) is 0 Å². The van der Waals surface area contributed by atoms with Crippen LogP contribution >= 0.6 is 23.2 Å². The number of carbonyl (C=O) groups excluding carboxylic acids is 2. The number of rotatable bonds is 6. The summed E-state index contributed by atoms with van der Waals surface area (Å²) in [6.45, 7) is 3.48. The van der Waals surface area contributed by atoms with Crippen molar-refractivity contribution >= 4 is 50.7 Å². The van der Waals surface area contributed by atoms with Crippen LogP contribution in [0.2, 0.25) is 10.0 Å². The molecule has 0 aliphatic carbocycles. The first kappa shape index (κ1) is 23.3. The van der Waals surface area contributed by atoms with Gasteiger partial charge in [-0.3, -0.25) is 14.3 Å². The first-order valence-corrected chi connectivity index (χ1v) is 11.7. The summed E-state index contributed by atoms with van der Waals surface area (Å²) in [4.78, 5) is 26.5. The molecule has 0 aromatic heterocycles. The number of hydrogen-bond donors (Lipinski definition) is 2.